The van der Waals surface area contributed by atoms with Crippen LogP contribution in [0.15, 0.2) is 18.2 Å². The maximum atomic E-state index is 11.5. The van der Waals surface area contributed by atoms with Crippen molar-refractivity contribution in [2.24, 2.45) is 5.92 Å². The van der Waals surface area contributed by atoms with Crippen molar-refractivity contribution in [2.45, 2.75) is 32.2 Å². The molecule has 1 aliphatic rings. The van der Waals surface area contributed by atoms with Gasteiger partial charge in [0.15, 0.2) is 0 Å². The van der Waals surface area contributed by atoms with Crippen LogP contribution in [0.5, 0.6) is 0 Å². The number of amides is 1. The molecule has 0 heterocycles. The lowest BCUT2D eigenvalue weighted by atomic mass is 10.1. The third-order valence-corrected chi connectivity index (χ3v) is 3.46. The molecule has 0 aliphatic heterocycles. The van der Waals surface area contributed by atoms with E-state index in [9.17, 15) is 4.79 Å². The van der Waals surface area contributed by atoms with Crippen LogP contribution in [0.4, 0.5) is 11.4 Å². The average Bonchev–Trinajstić information content (AvgIpc) is 3.09. The Labute approximate surface area is 108 Å². The number of hydrogen-bond donors (Lipinski definition) is 3. The number of nitrogens with one attached hydrogen (secondary N) is 2. The Hall–Kier alpha value is -1.71. The lowest BCUT2D eigenvalue weighted by molar-refractivity contribution is 0.0963. The minimum atomic E-state index is -0.108. The van der Waals surface area contributed by atoms with E-state index in [-0.39, 0.29) is 5.91 Å². The first kappa shape index (κ1) is 12.7. The van der Waals surface area contributed by atoms with Gasteiger partial charge in [-0.3, -0.25) is 4.79 Å². The minimum Gasteiger partial charge on any atom is -0.397 e. The second-order valence-electron chi connectivity index (χ2n) is 4.92. The van der Waals surface area contributed by atoms with E-state index in [0.29, 0.717) is 17.3 Å². The molecule has 1 aromatic carbocycles. The summed E-state index contributed by atoms with van der Waals surface area (Å²) >= 11 is 0. The molecular formula is C14H21N3O. The molecule has 0 radical (unpaired) electrons. The van der Waals surface area contributed by atoms with E-state index in [4.69, 9.17) is 5.73 Å². The van der Waals surface area contributed by atoms with Gasteiger partial charge in [0.2, 0.25) is 0 Å². The second-order valence-corrected chi connectivity index (χ2v) is 4.92. The van der Waals surface area contributed by atoms with Crippen LogP contribution in [0.1, 0.15) is 36.5 Å². The first-order chi connectivity index (χ1) is 8.65. The van der Waals surface area contributed by atoms with E-state index in [1.54, 1.807) is 19.2 Å². The van der Waals surface area contributed by atoms with Crippen LogP contribution in [-0.2, 0) is 0 Å². The molecule has 0 saturated heterocycles. The van der Waals surface area contributed by atoms with E-state index in [1.165, 1.54) is 19.3 Å². The van der Waals surface area contributed by atoms with Gasteiger partial charge in [0, 0.05) is 18.7 Å². The molecule has 1 aromatic rings. The number of carbonyl (C=O) groups excluding carboxylic acids is 1. The van der Waals surface area contributed by atoms with Crippen molar-refractivity contribution in [3.8, 4) is 0 Å². The molecule has 1 saturated carbocycles. The first-order valence-corrected chi connectivity index (χ1v) is 6.53. The maximum absolute atomic E-state index is 11.5. The highest BCUT2D eigenvalue weighted by Crippen LogP contribution is 2.38. The molecule has 0 aromatic heterocycles. The van der Waals surface area contributed by atoms with Gasteiger partial charge in [-0.2, -0.15) is 0 Å². The summed E-state index contributed by atoms with van der Waals surface area (Å²) in [6, 6.07) is 5.96. The Morgan fingerprint density at radius 1 is 1.50 bits per heavy atom. The molecule has 1 aliphatic carbocycles. The zero-order chi connectivity index (χ0) is 13.1. The van der Waals surface area contributed by atoms with E-state index >= 15 is 0 Å². The van der Waals surface area contributed by atoms with Crippen LogP contribution in [-0.4, -0.2) is 19.0 Å². The van der Waals surface area contributed by atoms with Gasteiger partial charge in [-0.05, 0) is 37.0 Å². The molecule has 2 unspecified atom stereocenters. The fraction of sp³-hybridized carbons (Fsp3) is 0.500. The van der Waals surface area contributed by atoms with Crippen molar-refractivity contribution in [1.82, 2.24) is 5.32 Å². The average molecular weight is 247 g/mol. The van der Waals surface area contributed by atoms with Crippen molar-refractivity contribution < 1.29 is 4.79 Å². The Morgan fingerprint density at radius 3 is 2.89 bits per heavy atom. The third kappa shape index (κ3) is 2.75. The monoisotopic (exact) mass is 247 g/mol. The number of benzene rings is 1. The van der Waals surface area contributed by atoms with Crippen LogP contribution in [0, 0.1) is 5.92 Å². The largest absolute Gasteiger partial charge is 0.397 e. The molecule has 18 heavy (non-hydrogen) atoms. The van der Waals surface area contributed by atoms with Gasteiger partial charge in [0.05, 0.1) is 11.4 Å². The summed E-state index contributed by atoms with van der Waals surface area (Å²) in [5.74, 6) is 0.677. The molecule has 4 N–H and O–H groups in total. The van der Waals surface area contributed by atoms with Crippen molar-refractivity contribution in [3.05, 3.63) is 23.8 Å². The SMILES string of the molecule is CCCC1CC1Nc1ccc(C(=O)NC)cc1N. The predicted molar refractivity (Wildman–Crippen MR) is 74.7 cm³/mol. The summed E-state index contributed by atoms with van der Waals surface area (Å²) in [7, 11) is 1.62. The van der Waals surface area contributed by atoms with Crippen molar-refractivity contribution in [2.75, 3.05) is 18.1 Å². The Kier molecular flexibility index (Phi) is 3.75. The molecule has 1 fully saturated rings. The number of nitrogens with two attached hydrogens (primary N) is 1. The third-order valence-electron chi connectivity index (χ3n) is 3.46. The summed E-state index contributed by atoms with van der Waals surface area (Å²) in [6.07, 6.45) is 3.73. The summed E-state index contributed by atoms with van der Waals surface area (Å²) in [4.78, 5) is 11.5. The zero-order valence-corrected chi connectivity index (χ0v) is 11.0. The quantitative estimate of drug-likeness (QED) is 0.699. The Bertz CT molecular complexity index is 445. The maximum Gasteiger partial charge on any atom is 0.251 e. The summed E-state index contributed by atoms with van der Waals surface area (Å²) in [6.45, 7) is 2.21. The molecule has 2 atom stereocenters. The van der Waals surface area contributed by atoms with E-state index in [1.807, 2.05) is 6.07 Å². The minimum absolute atomic E-state index is 0.108. The van der Waals surface area contributed by atoms with Gasteiger partial charge in [0.1, 0.15) is 0 Å². The van der Waals surface area contributed by atoms with Crippen LogP contribution in [0.2, 0.25) is 0 Å². The standard InChI is InChI=1S/C14H21N3O/c1-3-4-9-8-13(9)17-12-6-5-10(7-11(12)15)14(18)16-2/h5-7,9,13,17H,3-4,8,15H2,1-2H3,(H,16,18). The summed E-state index contributed by atoms with van der Waals surface area (Å²) < 4.78 is 0. The van der Waals surface area contributed by atoms with Crippen LogP contribution < -0.4 is 16.4 Å². The van der Waals surface area contributed by atoms with Gasteiger partial charge in [-0.15, -0.1) is 0 Å². The lowest BCUT2D eigenvalue weighted by Gasteiger charge is -2.10. The molecule has 98 valence electrons. The smallest absolute Gasteiger partial charge is 0.251 e. The van der Waals surface area contributed by atoms with Gasteiger partial charge >= 0.3 is 0 Å². The van der Waals surface area contributed by atoms with Crippen LogP contribution in [0.25, 0.3) is 0 Å². The van der Waals surface area contributed by atoms with Gasteiger partial charge in [-0.25, -0.2) is 0 Å². The van der Waals surface area contributed by atoms with E-state index < -0.39 is 0 Å². The number of hydrogen-bond acceptors (Lipinski definition) is 3. The highest BCUT2D eigenvalue weighted by Gasteiger charge is 2.36. The summed E-state index contributed by atoms with van der Waals surface area (Å²) in [5, 5.41) is 6.04. The molecular weight excluding hydrogens is 226 g/mol. The molecule has 0 bridgehead atoms. The highest BCUT2D eigenvalue weighted by molar-refractivity contribution is 5.95. The number of rotatable bonds is 5. The zero-order valence-electron chi connectivity index (χ0n) is 11.0. The topological polar surface area (TPSA) is 67.2 Å². The fourth-order valence-corrected chi connectivity index (χ4v) is 2.29. The number of anilines is 2. The molecule has 1 amide bonds. The van der Waals surface area contributed by atoms with Crippen molar-refractivity contribution in [3.63, 3.8) is 0 Å². The molecule has 0 spiro atoms. The number of carbonyl (C=O) groups is 1. The normalized spacial score (nSPS) is 21.4. The van der Waals surface area contributed by atoms with Crippen molar-refractivity contribution >= 4 is 17.3 Å². The van der Waals surface area contributed by atoms with Gasteiger partial charge in [0.25, 0.3) is 5.91 Å². The Morgan fingerprint density at radius 2 is 2.28 bits per heavy atom. The Balaban J connectivity index is 2.00. The molecule has 4 heteroatoms. The van der Waals surface area contributed by atoms with Crippen LogP contribution >= 0.6 is 0 Å². The summed E-state index contributed by atoms with van der Waals surface area (Å²) in [5.41, 5.74) is 8.14. The first-order valence-electron chi connectivity index (χ1n) is 6.53. The predicted octanol–water partition coefficient (Wildman–Crippen LogP) is 2.23. The lowest BCUT2D eigenvalue weighted by Crippen LogP contribution is -2.18. The molecule has 2 rings (SSSR count). The van der Waals surface area contributed by atoms with E-state index in [0.717, 1.165) is 11.6 Å². The molecule has 4 nitrogen and oxygen atoms in total. The fourth-order valence-electron chi connectivity index (χ4n) is 2.29. The number of nitrogen functional groups attached to an aromatic ring is 1. The second kappa shape index (κ2) is 5.29. The van der Waals surface area contributed by atoms with Crippen LogP contribution in [0.3, 0.4) is 0 Å². The van der Waals surface area contributed by atoms with Gasteiger partial charge in [-0.1, -0.05) is 13.3 Å². The van der Waals surface area contributed by atoms with E-state index in [2.05, 4.69) is 17.6 Å². The van der Waals surface area contributed by atoms with Crippen molar-refractivity contribution in [1.29, 1.82) is 0 Å². The van der Waals surface area contributed by atoms with Gasteiger partial charge < -0.3 is 16.4 Å². The highest BCUT2D eigenvalue weighted by atomic mass is 16.1.